The molecule has 0 radical (unpaired) electrons. The molecule has 0 saturated carbocycles. The summed E-state index contributed by atoms with van der Waals surface area (Å²) in [5.74, 6) is 0. The number of rotatable bonds is 4. The molecule has 2 aromatic carbocycles. The monoisotopic (exact) mass is 417 g/mol. The zero-order valence-electron chi connectivity index (χ0n) is 16.2. The quantitative estimate of drug-likeness (QED) is 0.698. The first-order valence-corrected chi connectivity index (χ1v) is 11.5. The zero-order valence-corrected chi connectivity index (χ0v) is 17.8. The van der Waals surface area contributed by atoms with Gasteiger partial charge in [-0.05, 0) is 50.1 Å². The molecule has 0 amide bonds. The lowest BCUT2D eigenvalue weighted by atomic mass is 10.1. The molecule has 28 heavy (non-hydrogen) atoms. The molecule has 0 aliphatic carbocycles. The van der Waals surface area contributed by atoms with Gasteiger partial charge in [-0.3, -0.25) is 4.72 Å². The molecule has 0 atom stereocenters. The largest absolute Gasteiger partial charge is 0.378 e. The van der Waals surface area contributed by atoms with Crippen LogP contribution in [0.4, 0.5) is 10.8 Å². The first-order valence-electron chi connectivity index (χ1n) is 9.17. The van der Waals surface area contributed by atoms with Gasteiger partial charge in [-0.15, -0.1) is 0 Å². The van der Waals surface area contributed by atoms with Crippen LogP contribution in [0.2, 0.25) is 0 Å². The van der Waals surface area contributed by atoms with Crippen LogP contribution in [0.15, 0.2) is 35.2 Å². The van der Waals surface area contributed by atoms with Crippen LogP contribution < -0.4 is 9.62 Å². The highest BCUT2D eigenvalue weighted by molar-refractivity contribution is 7.92. The number of hydrogen-bond donors (Lipinski definition) is 1. The Balaban J connectivity index is 1.64. The molecule has 1 saturated heterocycles. The number of benzene rings is 2. The van der Waals surface area contributed by atoms with E-state index in [0.717, 1.165) is 45.1 Å². The summed E-state index contributed by atoms with van der Waals surface area (Å²) in [4.78, 5) is 7.23. The predicted octanol–water partition coefficient (Wildman–Crippen LogP) is 3.86. The second-order valence-electron chi connectivity index (χ2n) is 7.11. The molecule has 4 rings (SSSR count). The summed E-state index contributed by atoms with van der Waals surface area (Å²) >= 11 is 1.57. The average molecular weight is 418 g/mol. The third-order valence-corrected chi connectivity index (χ3v) is 7.55. The SMILES string of the molecule is Cc1cc(C)c(S(=O)(=O)Nc2ccc3nc(N4CCOCC4)sc3c2)c(C)c1. The lowest BCUT2D eigenvalue weighted by molar-refractivity contribution is 0.122. The number of morpholine rings is 1. The lowest BCUT2D eigenvalue weighted by Crippen LogP contribution is -2.36. The number of nitrogens with one attached hydrogen (secondary N) is 1. The molecule has 8 heteroatoms. The smallest absolute Gasteiger partial charge is 0.262 e. The normalized spacial score (nSPS) is 15.2. The first-order chi connectivity index (χ1) is 13.3. The predicted molar refractivity (Wildman–Crippen MR) is 114 cm³/mol. The maximum atomic E-state index is 13.0. The molecule has 2 heterocycles. The van der Waals surface area contributed by atoms with Crippen molar-refractivity contribution in [1.29, 1.82) is 0 Å². The summed E-state index contributed by atoms with van der Waals surface area (Å²) in [5, 5.41) is 0.948. The summed E-state index contributed by atoms with van der Waals surface area (Å²) in [6, 6.07) is 9.27. The first kappa shape index (κ1) is 19.2. The topological polar surface area (TPSA) is 71.5 Å². The Bertz CT molecular complexity index is 1110. The van der Waals surface area contributed by atoms with Gasteiger partial charge in [-0.25, -0.2) is 13.4 Å². The highest BCUT2D eigenvalue weighted by atomic mass is 32.2. The van der Waals surface area contributed by atoms with Crippen molar-refractivity contribution in [2.45, 2.75) is 25.7 Å². The van der Waals surface area contributed by atoms with Gasteiger partial charge in [0.15, 0.2) is 5.13 Å². The molecular formula is C20H23N3O3S2. The summed E-state index contributed by atoms with van der Waals surface area (Å²) in [6.45, 7) is 8.68. The van der Waals surface area contributed by atoms with Crippen LogP contribution in [0.5, 0.6) is 0 Å². The van der Waals surface area contributed by atoms with Gasteiger partial charge >= 0.3 is 0 Å². The number of aryl methyl sites for hydroxylation is 3. The molecule has 1 aromatic heterocycles. The maximum Gasteiger partial charge on any atom is 0.262 e. The Morgan fingerprint density at radius 3 is 2.43 bits per heavy atom. The van der Waals surface area contributed by atoms with Crippen molar-refractivity contribution in [3.8, 4) is 0 Å². The summed E-state index contributed by atoms with van der Waals surface area (Å²) in [6.07, 6.45) is 0. The van der Waals surface area contributed by atoms with E-state index in [2.05, 4.69) is 14.6 Å². The number of ether oxygens (including phenoxy) is 1. The second-order valence-corrected chi connectivity index (χ2v) is 9.74. The molecule has 1 N–H and O–H groups in total. The number of hydrogen-bond acceptors (Lipinski definition) is 6. The Morgan fingerprint density at radius 2 is 1.75 bits per heavy atom. The third kappa shape index (κ3) is 3.72. The molecule has 1 aliphatic heterocycles. The van der Waals surface area contributed by atoms with Gasteiger partial charge in [0, 0.05) is 13.1 Å². The van der Waals surface area contributed by atoms with Gasteiger partial charge in [-0.2, -0.15) is 0 Å². The van der Waals surface area contributed by atoms with Gasteiger partial charge in [0.2, 0.25) is 0 Å². The van der Waals surface area contributed by atoms with Crippen LogP contribution in [0, 0.1) is 20.8 Å². The summed E-state index contributed by atoms with van der Waals surface area (Å²) in [7, 11) is -3.67. The van der Waals surface area contributed by atoms with Crippen LogP contribution in [-0.2, 0) is 14.8 Å². The highest BCUT2D eigenvalue weighted by Crippen LogP contribution is 2.32. The van der Waals surface area contributed by atoms with E-state index in [1.165, 1.54) is 0 Å². The average Bonchev–Trinajstić information content (AvgIpc) is 3.04. The van der Waals surface area contributed by atoms with Crippen LogP contribution in [0.25, 0.3) is 10.2 Å². The van der Waals surface area contributed by atoms with Crippen molar-refractivity contribution < 1.29 is 13.2 Å². The third-order valence-electron chi connectivity index (χ3n) is 4.78. The molecule has 0 unspecified atom stereocenters. The van der Waals surface area contributed by atoms with Gasteiger partial charge in [0.05, 0.1) is 34.0 Å². The molecule has 1 fully saturated rings. The molecule has 6 nitrogen and oxygen atoms in total. The fourth-order valence-electron chi connectivity index (χ4n) is 3.66. The van der Waals surface area contributed by atoms with Crippen molar-refractivity contribution >= 4 is 42.4 Å². The van der Waals surface area contributed by atoms with Crippen molar-refractivity contribution in [1.82, 2.24) is 4.98 Å². The molecular weight excluding hydrogens is 394 g/mol. The van der Waals surface area contributed by atoms with E-state index in [1.54, 1.807) is 17.4 Å². The number of aromatic nitrogens is 1. The minimum absolute atomic E-state index is 0.344. The summed E-state index contributed by atoms with van der Waals surface area (Å²) in [5.41, 5.74) is 3.97. The van der Waals surface area contributed by atoms with Gasteiger partial charge in [0.25, 0.3) is 10.0 Å². The highest BCUT2D eigenvalue weighted by Gasteiger charge is 2.21. The van der Waals surface area contributed by atoms with Crippen molar-refractivity contribution in [2.24, 2.45) is 0 Å². The number of thiazole rings is 1. The van der Waals surface area contributed by atoms with E-state index in [4.69, 9.17) is 4.74 Å². The van der Waals surface area contributed by atoms with Crippen LogP contribution in [-0.4, -0.2) is 39.7 Å². The molecule has 3 aromatic rings. The van der Waals surface area contributed by atoms with Crippen molar-refractivity contribution in [3.63, 3.8) is 0 Å². The van der Waals surface area contributed by atoms with Crippen molar-refractivity contribution in [2.75, 3.05) is 35.9 Å². The Kier molecular flexibility index (Phi) is 5.03. The standard InChI is InChI=1S/C20H23N3O3S2/c1-13-10-14(2)19(15(3)11-13)28(24,25)22-16-4-5-17-18(12-16)27-20(21-17)23-6-8-26-9-7-23/h4-5,10-12,22H,6-9H2,1-3H3. The van der Waals surface area contributed by atoms with E-state index in [-0.39, 0.29) is 0 Å². The molecule has 1 aliphatic rings. The van der Waals surface area contributed by atoms with Crippen molar-refractivity contribution in [3.05, 3.63) is 47.0 Å². The number of nitrogens with zero attached hydrogens (tertiary/aromatic N) is 2. The Labute approximate surface area is 169 Å². The van der Waals surface area contributed by atoms with Crippen LogP contribution >= 0.6 is 11.3 Å². The fraction of sp³-hybridized carbons (Fsp3) is 0.350. The number of sulfonamides is 1. The fourth-order valence-corrected chi connectivity index (χ4v) is 6.22. The Hall–Kier alpha value is -2.16. The zero-order chi connectivity index (χ0) is 19.9. The minimum atomic E-state index is -3.67. The molecule has 148 valence electrons. The number of anilines is 2. The maximum absolute atomic E-state index is 13.0. The number of fused-ring (bicyclic) bond motifs is 1. The lowest BCUT2D eigenvalue weighted by Gasteiger charge is -2.25. The second kappa shape index (κ2) is 7.35. The minimum Gasteiger partial charge on any atom is -0.378 e. The van der Waals surface area contributed by atoms with Crippen LogP contribution in [0.1, 0.15) is 16.7 Å². The van der Waals surface area contributed by atoms with E-state index in [9.17, 15) is 8.42 Å². The van der Waals surface area contributed by atoms with E-state index >= 15 is 0 Å². The van der Waals surface area contributed by atoms with Gasteiger partial charge < -0.3 is 9.64 Å². The summed E-state index contributed by atoms with van der Waals surface area (Å²) < 4.78 is 35.1. The molecule has 0 bridgehead atoms. The molecule has 0 spiro atoms. The van der Waals surface area contributed by atoms with E-state index in [0.29, 0.717) is 23.8 Å². The van der Waals surface area contributed by atoms with E-state index in [1.807, 2.05) is 45.0 Å². The van der Waals surface area contributed by atoms with Gasteiger partial charge in [0.1, 0.15) is 0 Å². The van der Waals surface area contributed by atoms with E-state index < -0.39 is 10.0 Å². The van der Waals surface area contributed by atoms with Gasteiger partial charge in [-0.1, -0.05) is 29.0 Å². The Morgan fingerprint density at radius 1 is 1.07 bits per heavy atom. The van der Waals surface area contributed by atoms with Crippen LogP contribution in [0.3, 0.4) is 0 Å².